The molecule has 14 heavy (non-hydrogen) atoms. The summed E-state index contributed by atoms with van der Waals surface area (Å²) >= 11 is 0. The molecule has 0 aromatic rings. The first-order valence-corrected chi connectivity index (χ1v) is 5.62. The van der Waals surface area contributed by atoms with Gasteiger partial charge in [-0.05, 0) is 44.6 Å². The molecule has 1 heteroatoms. The van der Waals surface area contributed by atoms with Gasteiger partial charge in [-0.15, -0.1) is 0 Å². The normalized spacial score (nSPS) is 18.3. The van der Waals surface area contributed by atoms with E-state index in [0.717, 1.165) is 44.1 Å². The summed E-state index contributed by atoms with van der Waals surface area (Å²) in [6.45, 7) is 4.24. The van der Waals surface area contributed by atoms with Gasteiger partial charge in [0.1, 0.15) is 0 Å². The van der Waals surface area contributed by atoms with Gasteiger partial charge in [0, 0.05) is 6.42 Å². The Morgan fingerprint density at radius 1 is 1.29 bits per heavy atom. The topological polar surface area (TPSA) is 17.1 Å². The number of hydrogen-bond acceptors (Lipinski definition) is 1. The second kappa shape index (κ2) is 5.79. The maximum atomic E-state index is 11.6. The van der Waals surface area contributed by atoms with E-state index in [4.69, 9.17) is 0 Å². The minimum atomic E-state index is 0.388. The number of ketones is 1. The molecule has 1 rings (SSSR count). The number of allylic oxidation sites excluding steroid dienone is 4. The molecule has 0 heterocycles. The van der Waals surface area contributed by atoms with Crippen molar-refractivity contribution in [3.8, 4) is 0 Å². The first-order valence-electron chi connectivity index (χ1n) is 5.62. The largest absolute Gasteiger partial charge is 0.295 e. The van der Waals surface area contributed by atoms with E-state index in [9.17, 15) is 4.79 Å². The first kappa shape index (κ1) is 11.2. The Kier molecular flexibility index (Phi) is 4.64. The van der Waals surface area contributed by atoms with Crippen LogP contribution in [0.1, 0.15) is 52.4 Å². The van der Waals surface area contributed by atoms with Crippen LogP contribution in [0.25, 0.3) is 0 Å². The summed E-state index contributed by atoms with van der Waals surface area (Å²) in [5.74, 6) is 0.388. The molecule has 0 amide bonds. The lowest BCUT2D eigenvalue weighted by atomic mass is 9.89. The zero-order valence-corrected chi connectivity index (χ0v) is 9.31. The number of rotatable bonds is 4. The monoisotopic (exact) mass is 192 g/mol. The van der Waals surface area contributed by atoms with Crippen molar-refractivity contribution in [2.45, 2.75) is 52.4 Å². The SMILES string of the molecule is CC/C=C\CCC1=C(C)CCCC1=O. The third kappa shape index (κ3) is 3.13. The van der Waals surface area contributed by atoms with Crippen LogP contribution in [0.4, 0.5) is 0 Å². The van der Waals surface area contributed by atoms with E-state index < -0.39 is 0 Å². The Labute approximate surface area is 86.9 Å². The highest BCUT2D eigenvalue weighted by Crippen LogP contribution is 2.24. The highest BCUT2D eigenvalue weighted by molar-refractivity contribution is 5.96. The van der Waals surface area contributed by atoms with Crippen LogP contribution in [0.5, 0.6) is 0 Å². The molecule has 0 aliphatic heterocycles. The van der Waals surface area contributed by atoms with Crippen molar-refractivity contribution in [1.82, 2.24) is 0 Å². The Morgan fingerprint density at radius 3 is 2.71 bits per heavy atom. The van der Waals surface area contributed by atoms with E-state index in [2.05, 4.69) is 26.0 Å². The van der Waals surface area contributed by atoms with Gasteiger partial charge >= 0.3 is 0 Å². The van der Waals surface area contributed by atoms with Crippen LogP contribution in [0, 0.1) is 0 Å². The second-order valence-electron chi connectivity index (χ2n) is 3.95. The molecule has 1 aliphatic rings. The summed E-state index contributed by atoms with van der Waals surface area (Å²) in [4.78, 5) is 11.6. The van der Waals surface area contributed by atoms with Crippen LogP contribution in [-0.4, -0.2) is 5.78 Å². The minimum Gasteiger partial charge on any atom is -0.295 e. The molecule has 0 saturated heterocycles. The maximum Gasteiger partial charge on any atom is 0.158 e. The number of carbonyl (C=O) groups is 1. The van der Waals surface area contributed by atoms with E-state index in [1.807, 2.05) is 0 Å². The van der Waals surface area contributed by atoms with Crippen LogP contribution in [0.3, 0.4) is 0 Å². The van der Waals surface area contributed by atoms with Crippen molar-refractivity contribution in [1.29, 1.82) is 0 Å². The van der Waals surface area contributed by atoms with E-state index in [1.165, 1.54) is 5.57 Å². The van der Waals surface area contributed by atoms with Crippen molar-refractivity contribution in [3.63, 3.8) is 0 Å². The Bertz CT molecular complexity index is 258. The summed E-state index contributed by atoms with van der Waals surface area (Å²) in [6.07, 6.45) is 10.4. The molecule has 0 fully saturated rings. The molecule has 0 saturated carbocycles. The molecule has 0 atom stereocenters. The Balaban J connectivity index is 2.48. The van der Waals surface area contributed by atoms with Crippen molar-refractivity contribution in [3.05, 3.63) is 23.3 Å². The fourth-order valence-corrected chi connectivity index (χ4v) is 1.92. The average molecular weight is 192 g/mol. The van der Waals surface area contributed by atoms with Crippen molar-refractivity contribution in [2.24, 2.45) is 0 Å². The van der Waals surface area contributed by atoms with Gasteiger partial charge in [-0.1, -0.05) is 24.6 Å². The highest BCUT2D eigenvalue weighted by Gasteiger charge is 2.16. The molecule has 0 N–H and O–H groups in total. The number of hydrogen-bond donors (Lipinski definition) is 0. The van der Waals surface area contributed by atoms with E-state index in [1.54, 1.807) is 0 Å². The van der Waals surface area contributed by atoms with Crippen LogP contribution in [-0.2, 0) is 4.79 Å². The third-order valence-electron chi connectivity index (χ3n) is 2.77. The van der Waals surface area contributed by atoms with Gasteiger partial charge in [-0.25, -0.2) is 0 Å². The smallest absolute Gasteiger partial charge is 0.158 e. The average Bonchev–Trinajstić information content (AvgIpc) is 2.16. The van der Waals surface area contributed by atoms with Gasteiger partial charge in [-0.3, -0.25) is 4.79 Å². The molecule has 1 nitrogen and oxygen atoms in total. The van der Waals surface area contributed by atoms with Crippen LogP contribution < -0.4 is 0 Å². The highest BCUT2D eigenvalue weighted by atomic mass is 16.1. The van der Waals surface area contributed by atoms with Gasteiger partial charge in [0.2, 0.25) is 0 Å². The van der Waals surface area contributed by atoms with Gasteiger partial charge in [0.25, 0.3) is 0 Å². The number of Topliss-reactive ketones (excluding diaryl/α,β-unsaturated/α-hetero) is 1. The van der Waals surface area contributed by atoms with E-state index in [-0.39, 0.29) is 0 Å². The van der Waals surface area contributed by atoms with Crippen LogP contribution in [0.15, 0.2) is 23.3 Å². The minimum absolute atomic E-state index is 0.388. The lowest BCUT2D eigenvalue weighted by Gasteiger charge is -2.15. The molecule has 0 aromatic heterocycles. The van der Waals surface area contributed by atoms with Crippen molar-refractivity contribution >= 4 is 5.78 Å². The molecule has 0 radical (unpaired) electrons. The zero-order valence-electron chi connectivity index (χ0n) is 9.31. The predicted octanol–water partition coefficient (Wildman–Crippen LogP) is 3.80. The maximum absolute atomic E-state index is 11.6. The summed E-state index contributed by atoms with van der Waals surface area (Å²) in [7, 11) is 0. The van der Waals surface area contributed by atoms with Gasteiger partial charge in [0.05, 0.1) is 0 Å². The fourth-order valence-electron chi connectivity index (χ4n) is 1.92. The van der Waals surface area contributed by atoms with Gasteiger partial charge < -0.3 is 0 Å². The Morgan fingerprint density at radius 2 is 2.07 bits per heavy atom. The van der Waals surface area contributed by atoms with Crippen LogP contribution in [0.2, 0.25) is 0 Å². The van der Waals surface area contributed by atoms with Gasteiger partial charge in [-0.2, -0.15) is 0 Å². The lowest BCUT2D eigenvalue weighted by molar-refractivity contribution is -0.116. The summed E-state index contributed by atoms with van der Waals surface area (Å²) in [6, 6.07) is 0. The molecule has 0 spiro atoms. The third-order valence-corrected chi connectivity index (χ3v) is 2.77. The fraction of sp³-hybridized carbons (Fsp3) is 0.615. The number of carbonyl (C=O) groups excluding carboxylic acids is 1. The standard InChI is InChI=1S/C13H20O/c1-3-4-5-6-9-12-11(2)8-7-10-13(12)14/h4-5H,3,6-10H2,1-2H3/b5-4-. The van der Waals surface area contributed by atoms with Crippen LogP contribution >= 0.6 is 0 Å². The van der Waals surface area contributed by atoms with E-state index >= 15 is 0 Å². The molecule has 0 bridgehead atoms. The predicted molar refractivity (Wildman–Crippen MR) is 60.2 cm³/mol. The van der Waals surface area contributed by atoms with Crippen molar-refractivity contribution < 1.29 is 4.79 Å². The Hall–Kier alpha value is -0.850. The molecular weight excluding hydrogens is 172 g/mol. The summed E-state index contributed by atoms with van der Waals surface area (Å²) < 4.78 is 0. The molecule has 1 aliphatic carbocycles. The first-order chi connectivity index (χ1) is 6.75. The quantitative estimate of drug-likeness (QED) is 0.619. The molecular formula is C13H20O. The molecule has 0 unspecified atom stereocenters. The summed E-state index contributed by atoms with van der Waals surface area (Å²) in [5, 5.41) is 0. The van der Waals surface area contributed by atoms with E-state index in [0.29, 0.717) is 5.78 Å². The van der Waals surface area contributed by atoms with Crippen molar-refractivity contribution in [2.75, 3.05) is 0 Å². The van der Waals surface area contributed by atoms with Gasteiger partial charge in [0.15, 0.2) is 5.78 Å². The zero-order chi connectivity index (χ0) is 10.4. The molecule has 78 valence electrons. The summed E-state index contributed by atoms with van der Waals surface area (Å²) in [5.41, 5.74) is 2.43. The second-order valence-corrected chi connectivity index (χ2v) is 3.95. The lowest BCUT2D eigenvalue weighted by Crippen LogP contribution is -2.10. The molecule has 0 aromatic carbocycles.